The Hall–Kier alpha value is -4.04. The molecule has 1 nitrogen and oxygen atoms in total. The van der Waals surface area contributed by atoms with Crippen molar-refractivity contribution in [3.05, 3.63) is 109 Å². The van der Waals surface area contributed by atoms with Gasteiger partial charge in [0.2, 0.25) is 0 Å². The van der Waals surface area contributed by atoms with Crippen LogP contribution in [0, 0.1) is 0 Å². The highest BCUT2D eigenvalue weighted by molar-refractivity contribution is 6.84. The number of rotatable bonds is 2. The van der Waals surface area contributed by atoms with Crippen LogP contribution < -0.4 is 5.46 Å². The SMILES string of the molecule is c1ccc2c(c1)c1ccccc1c1cc(-n3c4ccccc4c4c(B5CC5)cccc43)ccc21. The number of para-hydroxylation sites is 1. The van der Waals surface area contributed by atoms with Crippen molar-refractivity contribution in [3.8, 4) is 5.69 Å². The lowest BCUT2D eigenvalue weighted by Crippen LogP contribution is -2.15. The second-order valence-corrected chi connectivity index (χ2v) is 9.69. The van der Waals surface area contributed by atoms with E-state index < -0.39 is 0 Å². The van der Waals surface area contributed by atoms with E-state index >= 15 is 0 Å². The molecule has 0 spiro atoms. The van der Waals surface area contributed by atoms with E-state index in [9.17, 15) is 0 Å². The summed E-state index contributed by atoms with van der Waals surface area (Å²) in [4.78, 5) is 0. The van der Waals surface area contributed by atoms with Crippen molar-refractivity contribution in [3.63, 3.8) is 0 Å². The van der Waals surface area contributed by atoms with Gasteiger partial charge in [-0.25, -0.2) is 0 Å². The molecule has 1 aromatic heterocycles. The first kappa shape index (κ1) is 18.4. The standard InChI is InChI=1S/C32H22BN/c1-2-10-24-22(8-1)23-9-3-4-11-25(23)28-20-21(16-17-26(24)28)34-30-14-6-5-12-27(30)32-29(33-18-19-33)13-7-15-31(32)34/h1-17,20H,18-19H2. The molecule has 1 fully saturated rings. The van der Waals surface area contributed by atoms with Gasteiger partial charge in [-0.3, -0.25) is 0 Å². The summed E-state index contributed by atoms with van der Waals surface area (Å²) in [6.07, 6.45) is 2.63. The topological polar surface area (TPSA) is 4.93 Å². The van der Waals surface area contributed by atoms with Crippen molar-refractivity contribution in [2.75, 3.05) is 0 Å². The van der Waals surface area contributed by atoms with Crippen LogP contribution in [0.1, 0.15) is 0 Å². The molecule has 158 valence electrons. The van der Waals surface area contributed by atoms with Crippen LogP contribution in [0.3, 0.4) is 0 Å². The first-order valence-corrected chi connectivity index (χ1v) is 12.2. The minimum Gasteiger partial charge on any atom is -0.309 e. The van der Waals surface area contributed by atoms with E-state index in [1.807, 2.05) is 0 Å². The molecule has 2 heteroatoms. The Bertz CT molecular complexity index is 1890. The molecule has 0 atom stereocenters. The second kappa shape index (κ2) is 6.74. The molecule has 0 saturated carbocycles. The van der Waals surface area contributed by atoms with E-state index in [1.54, 1.807) is 0 Å². The number of hydrogen-bond acceptors (Lipinski definition) is 0. The predicted molar refractivity (Wildman–Crippen MR) is 148 cm³/mol. The lowest BCUT2D eigenvalue weighted by molar-refractivity contribution is 1.19. The molecule has 7 aromatic rings. The Labute approximate surface area is 198 Å². The molecule has 0 bridgehead atoms. The first-order valence-electron chi connectivity index (χ1n) is 12.2. The highest BCUT2D eigenvalue weighted by Crippen LogP contribution is 2.38. The third-order valence-corrected chi connectivity index (χ3v) is 7.73. The second-order valence-electron chi connectivity index (χ2n) is 9.69. The Morgan fingerprint density at radius 2 is 1.03 bits per heavy atom. The van der Waals surface area contributed by atoms with Crippen LogP contribution in [-0.4, -0.2) is 11.3 Å². The van der Waals surface area contributed by atoms with Crippen LogP contribution in [0.4, 0.5) is 0 Å². The maximum Gasteiger partial charge on any atom is 0.175 e. The number of nitrogens with zero attached hydrogens (tertiary/aromatic N) is 1. The van der Waals surface area contributed by atoms with Gasteiger partial charge in [0.1, 0.15) is 0 Å². The lowest BCUT2D eigenvalue weighted by Gasteiger charge is -2.14. The average molecular weight is 431 g/mol. The summed E-state index contributed by atoms with van der Waals surface area (Å²) in [6, 6.07) is 40.5. The highest BCUT2D eigenvalue weighted by Gasteiger charge is 2.31. The van der Waals surface area contributed by atoms with Crippen LogP contribution in [0.15, 0.2) is 109 Å². The third-order valence-electron chi connectivity index (χ3n) is 7.73. The number of aromatic nitrogens is 1. The Morgan fingerprint density at radius 1 is 0.471 bits per heavy atom. The summed E-state index contributed by atoms with van der Waals surface area (Å²) >= 11 is 0. The molecule has 8 rings (SSSR count). The van der Waals surface area contributed by atoms with E-state index in [1.165, 1.54) is 77.9 Å². The maximum absolute atomic E-state index is 2.47. The van der Waals surface area contributed by atoms with Crippen molar-refractivity contribution in [2.24, 2.45) is 0 Å². The molecule has 6 aromatic carbocycles. The fourth-order valence-electron chi connectivity index (χ4n) is 6.09. The largest absolute Gasteiger partial charge is 0.309 e. The quantitative estimate of drug-likeness (QED) is 0.193. The zero-order valence-corrected chi connectivity index (χ0v) is 18.8. The normalized spacial score (nSPS) is 13.6. The fraction of sp³-hybridized carbons (Fsp3) is 0.0625. The number of hydrogen-bond donors (Lipinski definition) is 0. The molecule has 0 amide bonds. The van der Waals surface area contributed by atoms with Crippen molar-refractivity contribution in [1.29, 1.82) is 0 Å². The monoisotopic (exact) mass is 431 g/mol. The fourth-order valence-corrected chi connectivity index (χ4v) is 6.09. The highest BCUT2D eigenvalue weighted by atomic mass is 15.0. The van der Waals surface area contributed by atoms with Crippen molar-refractivity contribution < 1.29 is 0 Å². The molecule has 0 radical (unpaired) electrons. The average Bonchev–Trinajstić information content (AvgIpc) is 3.70. The lowest BCUT2D eigenvalue weighted by atomic mass is 9.62. The molecule has 1 aliphatic rings. The molecular formula is C32H22BN. The van der Waals surface area contributed by atoms with Crippen molar-refractivity contribution >= 4 is 66.3 Å². The summed E-state index contributed by atoms with van der Waals surface area (Å²) < 4.78 is 2.47. The molecule has 1 saturated heterocycles. The van der Waals surface area contributed by atoms with E-state index in [4.69, 9.17) is 0 Å². The summed E-state index contributed by atoms with van der Waals surface area (Å²) in [7, 11) is 0. The van der Waals surface area contributed by atoms with Gasteiger partial charge >= 0.3 is 0 Å². The van der Waals surface area contributed by atoms with Crippen LogP contribution in [0.5, 0.6) is 0 Å². The van der Waals surface area contributed by atoms with Gasteiger partial charge in [0.15, 0.2) is 6.71 Å². The van der Waals surface area contributed by atoms with Gasteiger partial charge in [-0.05, 0) is 56.6 Å². The predicted octanol–water partition coefficient (Wildman–Crippen LogP) is 7.96. The van der Waals surface area contributed by atoms with Gasteiger partial charge in [0.05, 0.1) is 11.0 Å². The first-order chi connectivity index (χ1) is 16.9. The summed E-state index contributed by atoms with van der Waals surface area (Å²) in [5.74, 6) is 0. The Kier molecular flexibility index (Phi) is 3.65. The van der Waals surface area contributed by atoms with Gasteiger partial charge in [0, 0.05) is 16.5 Å². The Morgan fingerprint density at radius 3 is 1.71 bits per heavy atom. The maximum atomic E-state index is 2.47. The van der Waals surface area contributed by atoms with Gasteiger partial charge in [-0.15, -0.1) is 0 Å². The zero-order chi connectivity index (χ0) is 22.2. The molecule has 1 aliphatic heterocycles. The zero-order valence-electron chi connectivity index (χ0n) is 18.8. The van der Waals surface area contributed by atoms with E-state index in [0.717, 1.165) is 6.71 Å². The van der Waals surface area contributed by atoms with Crippen LogP contribution in [0.2, 0.25) is 12.6 Å². The third kappa shape index (κ3) is 2.46. The molecule has 0 aliphatic carbocycles. The smallest absolute Gasteiger partial charge is 0.175 e. The molecule has 0 unspecified atom stereocenters. The van der Waals surface area contributed by atoms with Crippen molar-refractivity contribution in [2.45, 2.75) is 12.6 Å². The van der Waals surface area contributed by atoms with E-state index in [0.29, 0.717) is 0 Å². The number of benzene rings is 6. The van der Waals surface area contributed by atoms with Crippen LogP contribution in [0.25, 0.3) is 59.8 Å². The van der Waals surface area contributed by atoms with Gasteiger partial charge < -0.3 is 4.57 Å². The molecule has 0 N–H and O–H groups in total. The van der Waals surface area contributed by atoms with Gasteiger partial charge in [-0.2, -0.15) is 0 Å². The van der Waals surface area contributed by atoms with Crippen molar-refractivity contribution in [1.82, 2.24) is 4.57 Å². The van der Waals surface area contributed by atoms with E-state index in [2.05, 4.69) is 114 Å². The number of fused-ring (bicyclic) bond motifs is 9. The van der Waals surface area contributed by atoms with Gasteiger partial charge in [-0.1, -0.05) is 103 Å². The summed E-state index contributed by atoms with van der Waals surface area (Å²) in [5.41, 5.74) is 5.35. The summed E-state index contributed by atoms with van der Waals surface area (Å²) in [5, 5.41) is 10.7. The van der Waals surface area contributed by atoms with Gasteiger partial charge in [0.25, 0.3) is 0 Å². The van der Waals surface area contributed by atoms with Crippen LogP contribution in [-0.2, 0) is 0 Å². The summed E-state index contributed by atoms with van der Waals surface area (Å²) in [6.45, 7) is 0.717. The minimum absolute atomic E-state index is 0.717. The molecule has 34 heavy (non-hydrogen) atoms. The van der Waals surface area contributed by atoms with Crippen LogP contribution >= 0.6 is 0 Å². The molecule has 2 heterocycles. The Balaban J connectivity index is 1.52. The minimum atomic E-state index is 0.717. The molecular weight excluding hydrogens is 409 g/mol. The van der Waals surface area contributed by atoms with E-state index in [-0.39, 0.29) is 0 Å².